The molecule has 0 radical (unpaired) electrons. The van der Waals surface area contributed by atoms with Crippen LogP contribution in [0, 0.1) is 0 Å². The summed E-state index contributed by atoms with van der Waals surface area (Å²) in [7, 11) is 1.62. The van der Waals surface area contributed by atoms with Crippen LogP contribution in [0.1, 0.15) is 31.2 Å². The molecule has 2 heterocycles. The second-order valence-electron chi connectivity index (χ2n) is 6.27. The Morgan fingerprint density at radius 2 is 2.00 bits per heavy atom. The van der Waals surface area contributed by atoms with E-state index >= 15 is 0 Å². The summed E-state index contributed by atoms with van der Waals surface area (Å²) < 4.78 is 5.14. The van der Waals surface area contributed by atoms with Crippen molar-refractivity contribution < 1.29 is 9.84 Å². The molecule has 2 aliphatic rings. The van der Waals surface area contributed by atoms with Crippen LogP contribution in [-0.2, 0) is 6.54 Å². The van der Waals surface area contributed by atoms with Gasteiger partial charge in [-0.3, -0.25) is 9.80 Å². The normalized spacial score (nSPS) is 24.3. The maximum absolute atomic E-state index is 10.1. The number of ether oxygens (including phenoxy) is 1. The number of phenolic OH excluding ortho intramolecular Hbond substituents is 1. The lowest BCUT2D eigenvalue weighted by atomic mass is 10.1. The van der Waals surface area contributed by atoms with Gasteiger partial charge in [-0.1, -0.05) is 12.5 Å². The Bertz CT molecular complexity index is 472. The fourth-order valence-corrected chi connectivity index (χ4v) is 3.58. The van der Waals surface area contributed by atoms with Gasteiger partial charge in [0, 0.05) is 37.3 Å². The smallest absolute Gasteiger partial charge is 0.123 e. The molecule has 0 bridgehead atoms. The minimum absolute atomic E-state index is 0.343. The summed E-state index contributed by atoms with van der Waals surface area (Å²) in [6.45, 7) is 5.64. The Morgan fingerprint density at radius 1 is 1.19 bits per heavy atom. The average molecular weight is 290 g/mol. The molecule has 2 fully saturated rings. The molecule has 1 unspecified atom stereocenters. The average Bonchev–Trinajstić information content (AvgIpc) is 2.99. The Morgan fingerprint density at radius 3 is 2.71 bits per heavy atom. The van der Waals surface area contributed by atoms with Crippen molar-refractivity contribution in [2.24, 2.45) is 0 Å². The van der Waals surface area contributed by atoms with Crippen LogP contribution in [-0.4, -0.2) is 54.2 Å². The van der Waals surface area contributed by atoms with Crippen LogP contribution in [0.25, 0.3) is 0 Å². The number of nitrogens with zero attached hydrogens (tertiary/aromatic N) is 2. The quantitative estimate of drug-likeness (QED) is 0.924. The van der Waals surface area contributed by atoms with E-state index in [1.54, 1.807) is 13.2 Å². The van der Waals surface area contributed by atoms with E-state index in [1.165, 1.54) is 38.8 Å². The molecule has 1 N–H and O–H groups in total. The number of rotatable bonds is 4. The molecule has 1 atom stereocenters. The summed E-state index contributed by atoms with van der Waals surface area (Å²) in [6, 6.07) is 6.31. The van der Waals surface area contributed by atoms with Gasteiger partial charge in [-0.05, 0) is 38.4 Å². The molecule has 0 saturated carbocycles. The Hall–Kier alpha value is -1.26. The molecule has 21 heavy (non-hydrogen) atoms. The molecule has 0 aliphatic carbocycles. The second-order valence-corrected chi connectivity index (χ2v) is 6.27. The van der Waals surface area contributed by atoms with Gasteiger partial charge in [-0.25, -0.2) is 0 Å². The van der Waals surface area contributed by atoms with Gasteiger partial charge < -0.3 is 9.84 Å². The van der Waals surface area contributed by atoms with Crippen LogP contribution < -0.4 is 4.74 Å². The predicted octanol–water partition coefficient (Wildman–Crippen LogP) is 2.46. The highest BCUT2D eigenvalue weighted by atomic mass is 16.5. The van der Waals surface area contributed by atoms with E-state index < -0.39 is 0 Å². The number of hydrogen-bond acceptors (Lipinski definition) is 4. The fourth-order valence-electron chi connectivity index (χ4n) is 3.58. The fraction of sp³-hybridized carbons (Fsp3) is 0.647. The number of phenols is 1. The highest BCUT2D eigenvalue weighted by Gasteiger charge is 2.28. The van der Waals surface area contributed by atoms with Crippen LogP contribution in [0.2, 0.25) is 0 Å². The standard InChI is InChI=1S/C17H26N2O2/c1-21-16-6-5-14(17(20)11-16)12-18-10-7-15(13-18)19-8-3-2-4-9-19/h5-6,11,15,20H,2-4,7-10,12-13H2,1H3. The summed E-state index contributed by atoms with van der Waals surface area (Å²) in [6.07, 6.45) is 5.37. The molecule has 116 valence electrons. The van der Waals surface area contributed by atoms with Crippen molar-refractivity contribution in [2.75, 3.05) is 33.3 Å². The first-order valence-corrected chi connectivity index (χ1v) is 8.08. The topological polar surface area (TPSA) is 35.9 Å². The molecule has 1 aromatic carbocycles. The summed E-state index contributed by atoms with van der Waals surface area (Å²) in [5.74, 6) is 1.06. The van der Waals surface area contributed by atoms with Crippen molar-refractivity contribution in [1.29, 1.82) is 0 Å². The summed E-state index contributed by atoms with van der Waals surface area (Å²) in [4.78, 5) is 5.12. The number of aromatic hydroxyl groups is 1. The van der Waals surface area contributed by atoms with Crippen LogP contribution >= 0.6 is 0 Å². The molecular weight excluding hydrogens is 264 g/mol. The number of likely N-dealkylation sites (tertiary alicyclic amines) is 2. The molecule has 0 amide bonds. The van der Waals surface area contributed by atoms with Gasteiger partial charge in [-0.2, -0.15) is 0 Å². The van der Waals surface area contributed by atoms with Crippen molar-refractivity contribution >= 4 is 0 Å². The first-order valence-electron chi connectivity index (χ1n) is 8.08. The van der Waals surface area contributed by atoms with E-state index in [-0.39, 0.29) is 0 Å². The predicted molar refractivity (Wildman–Crippen MR) is 83.8 cm³/mol. The van der Waals surface area contributed by atoms with Crippen LogP contribution in [0.3, 0.4) is 0 Å². The van der Waals surface area contributed by atoms with Gasteiger partial charge in [0.05, 0.1) is 7.11 Å². The zero-order valence-electron chi connectivity index (χ0n) is 12.9. The Kier molecular flexibility index (Phi) is 4.66. The zero-order valence-corrected chi connectivity index (χ0v) is 12.9. The molecular formula is C17H26N2O2. The number of piperidine rings is 1. The zero-order chi connectivity index (χ0) is 14.7. The maximum Gasteiger partial charge on any atom is 0.123 e. The summed E-state index contributed by atoms with van der Waals surface area (Å²) in [5.41, 5.74) is 0.995. The minimum atomic E-state index is 0.343. The lowest BCUT2D eigenvalue weighted by Crippen LogP contribution is -2.40. The summed E-state index contributed by atoms with van der Waals surface area (Å²) >= 11 is 0. The van der Waals surface area contributed by atoms with Crippen LogP contribution in [0.5, 0.6) is 11.5 Å². The lowest BCUT2D eigenvalue weighted by molar-refractivity contribution is 0.161. The van der Waals surface area contributed by atoms with Gasteiger partial charge >= 0.3 is 0 Å². The van der Waals surface area contributed by atoms with Crippen molar-refractivity contribution in [1.82, 2.24) is 9.80 Å². The Labute approximate surface area is 127 Å². The minimum Gasteiger partial charge on any atom is -0.507 e. The van der Waals surface area contributed by atoms with Crippen molar-refractivity contribution in [3.8, 4) is 11.5 Å². The highest BCUT2D eigenvalue weighted by Crippen LogP contribution is 2.27. The maximum atomic E-state index is 10.1. The van der Waals surface area contributed by atoms with E-state index in [0.29, 0.717) is 17.5 Å². The van der Waals surface area contributed by atoms with E-state index in [4.69, 9.17) is 4.74 Å². The molecule has 4 nitrogen and oxygen atoms in total. The largest absolute Gasteiger partial charge is 0.507 e. The molecule has 0 spiro atoms. The third-order valence-electron chi connectivity index (χ3n) is 4.84. The Balaban J connectivity index is 1.56. The van der Waals surface area contributed by atoms with E-state index in [2.05, 4.69) is 9.80 Å². The first-order chi connectivity index (χ1) is 10.3. The SMILES string of the molecule is COc1ccc(CN2CCC(N3CCCCC3)C2)c(O)c1. The lowest BCUT2D eigenvalue weighted by Gasteiger charge is -2.32. The highest BCUT2D eigenvalue weighted by molar-refractivity contribution is 5.39. The number of hydrogen-bond donors (Lipinski definition) is 1. The van der Waals surface area contributed by atoms with Gasteiger partial charge in [0.2, 0.25) is 0 Å². The van der Waals surface area contributed by atoms with Gasteiger partial charge in [0.15, 0.2) is 0 Å². The third kappa shape index (κ3) is 3.50. The van der Waals surface area contributed by atoms with Crippen molar-refractivity contribution in [3.05, 3.63) is 23.8 Å². The van der Waals surface area contributed by atoms with Crippen LogP contribution in [0.4, 0.5) is 0 Å². The van der Waals surface area contributed by atoms with Crippen molar-refractivity contribution in [2.45, 2.75) is 38.3 Å². The number of methoxy groups -OCH3 is 1. The summed E-state index contributed by atoms with van der Waals surface area (Å²) in [5, 5.41) is 10.1. The molecule has 2 aliphatic heterocycles. The molecule has 0 aromatic heterocycles. The third-order valence-corrected chi connectivity index (χ3v) is 4.84. The van der Waals surface area contributed by atoms with Crippen LogP contribution in [0.15, 0.2) is 18.2 Å². The van der Waals surface area contributed by atoms with Crippen molar-refractivity contribution in [3.63, 3.8) is 0 Å². The van der Waals surface area contributed by atoms with E-state index in [9.17, 15) is 5.11 Å². The van der Waals surface area contributed by atoms with E-state index in [0.717, 1.165) is 25.2 Å². The second kappa shape index (κ2) is 6.67. The molecule has 3 rings (SSSR count). The molecule has 4 heteroatoms. The van der Waals surface area contributed by atoms with Gasteiger partial charge in [0.25, 0.3) is 0 Å². The first kappa shape index (κ1) is 14.7. The van der Waals surface area contributed by atoms with E-state index in [1.807, 2.05) is 12.1 Å². The molecule has 2 saturated heterocycles. The van der Waals surface area contributed by atoms with Gasteiger partial charge in [-0.15, -0.1) is 0 Å². The number of benzene rings is 1. The monoisotopic (exact) mass is 290 g/mol. The van der Waals surface area contributed by atoms with Gasteiger partial charge in [0.1, 0.15) is 11.5 Å². The molecule has 1 aromatic rings.